The summed E-state index contributed by atoms with van der Waals surface area (Å²) < 4.78 is 0. The van der Waals surface area contributed by atoms with Gasteiger partial charge in [0.15, 0.2) is 0 Å². The maximum absolute atomic E-state index is 13.2. The number of benzene rings is 1. The SMILES string of the molecule is CN(C(=O)c1ccccc1N1CCC(=O)NC1=O)C1C[C@H]2CC(O)C[C@H]2C1. The summed E-state index contributed by atoms with van der Waals surface area (Å²) >= 11 is 0. The van der Waals surface area contributed by atoms with Crippen LogP contribution in [0.4, 0.5) is 10.5 Å². The Morgan fingerprint density at radius 2 is 1.81 bits per heavy atom. The van der Waals surface area contributed by atoms with E-state index in [1.165, 1.54) is 4.90 Å². The molecule has 4 rings (SSSR count). The van der Waals surface area contributed by atoms with Gasteiger partial charge in [-0.3, -0.25) is 19.8 Å². The second-order valence-corrected chi connectivity index (χ2v) is 7.96. The van der Waals surface area contributed by atoms with E-state index in [1.54, 1.807) is 29.2 Å². The Morgan fingerprint density at radius 1 is 1.15 bits per heavy atom. The summed E-state index contributed by atoms with van der Waals surface area (Å²) in [6.45, 7) is 0.268. The van der Waals surface area contributed by atoms with Crippen molar-refractivity contribution >= 4 is 23.5 Å². The van der Waals surface area contributed by atoms with Crippen LogP contribution in [0.3, 0.4) is 0 Å². The van der Waals surface area contributed by atoms with Crippen LogP contribution in [0.2, 0.25) is 0 Å². The van der Waals surface area contributed by atoms with E-state index in [9.17, 15) is 19.5 Å². The number of anilines is 1. The molecule has 1 saturated heterocycles. The molecule has 7 heteroatoms. The fraction of sp³-hybridized carbons (Fsp3) is 0.550. The molecule has 2 aliphatic carbocycles. The summed E-state index contributed by atoms with van der Waals surface area (Å²) in [5.74, 6) is 0.585. The number of fused-ring (bicyclic) bond motifs is 1. The standard InChI is InChI=1S/C20H25N3O4/c1-22(14-8-12-10-15(24)11-13(12)9-14)19(26)16-4-2-3-5-17(16)23-7-6-18(25)21-20(23)27/h2-5,12-15,24H,6-11H2,1H3,(H,21,25,27)/t12-,13+,14?,15?. The summed E-state index contributed by atoms with van der Waals surface area (Å²) in [6.07, 6.45) is 3.54. The molecule has 7 nitrogen and oxygen atoms in total. The number of nitrogens with one attached hydrogen (secondary N) is 1. The summed E-state index contributed by atoms with van der Waals surface area (Å²) in [5.41, 5.74) is 1.01. The lowest BCUT2D eigenvalue weighted by Crippen LogP contribution is -2.50. The van der Waals surface area contributed by atoms with Crippen LogP contribution in [-0.2, 0) is 4.79 Å². The third kappa shape index (κ3) is 3.32. The quantitative estimate of drug-likeness (QED) is 0.847. The molecule has 0 bridgehead atoms. The molecule has 2 N–H and O–H groups in total. The molecule has 3 fully saturated rings. The summed E-state index contributed by atoms with van der Waals surface area (Å²) in [7, 11) is 1.82. The van der Waals surface area contributed by atoms with E-state index in [2.05, 4.69) is 5.32 Å². The van der Waals surface area contributed by atoms with Gasteiger partial charge in [-0.2, -0.15) is 0 Å². The van der Waals surface area contributed by atoms with Crippen LogP contribution in [0.25, 0.3) is 0 Å². The molecule has 144 valence electrons. The molecule has 4 atom stereocenters. The number of hydrogen-bond donors (Lipinski definition) is 2. The number of carbonyl (C=O) groups excluding carboxylic acids is 3. The van der Waals surface area contributed by atoms with E-state index in [4.69, 9.17) is 0 Å². The number of amides is 4. The third-order valence-corrected chi connectivity index (χ3v) is 6.31. The predicted molar refractivity (Wildman–Crippen MR) is 99.3 cm³/mol. The first-order valence-corrected chi connectivity index (χ1v) is 9.59. The van der Waals surface area contributed by atoms with Gasteiger partial charge in [-0.1, -0.05) is 12.1 Å². The first-order chi connectivity index (χ1) is 12.9. The summed E-state index contributed by atoms with van der Waals surface area (Å²) in [6, 6.07) is 6.73. The van der Waals surface area contributed by atoms with Crippen LogP contribution < -0.4 is 10.2 Å². The van der Waals surface area contributed by atoms with E-state index in [0.717, 1.165) is 25.7 Å². The number of urea groups is 1. The van der Waals surface area contributed by atoms with Crippen molar-refractivity contribution < 1.29 is 19.5 Å². The number of hydrogen-bond acceptors (Lipinski definition) is 4. The van der Waals surface area contributed by atoms with E-state index < -0.39 is 6.03 Å². The number of rotatable bonds is 3. The number of para-hydroxylation sites is 1. The van der Waals surface area contributed by atoms with Crippen LogP contribution in [0.5, 0.6) is 0 Å². The maximum Gasteiger partial charge on any atom is 0.328 e. The van der Waals surface area contributed by atoms with Crippen molar-refractivity contribution in [3.05, 3.63) is 29.8 Å². The van der Waals surface area contributed by atoms with Crippen LogP contribution in [0.1, 0.15) is 42.5 Å². The van der Waals surface area contributed by atoms with Gasteiger partial charge in [-0.15, -0.1) is 0 Å². The monoisotopic (exact) mass is 371 g/mol. The average molecular weight is 371 g/mol. The Labute approximate surface area is 158 Å². The van der Waals surface area contributed by atoms with Crippen molar-refractivity contribution in [2.45, 2.75) is 44.2 Å². The number of carbonyl (C=O) groups is 3. The predicted octanol–water partition coefficient (Wildman–Crippen LogP) is 1.75. The molecule has 0 aromatic heterocycles. The zero-order valence-electron chi connectivity index (χ0n) is 15.4. The highest BCUT2D eigenvalue weighted by molar-refractivity contribution is 6.09. The molecule has 1 heterocycles. The molecular weight excluding hydrogens is 346 g/mol. The number of nitrogens with zero attached hydrogens (tertiary/aromatic N) is 2. The molecule has 0 spiro atoms. The van der Waals surface area contributed by atoms with E-state index in [-0.39, 0.29) is 36.9 Å². The normalized spacial score (nSPS) is 30.2. The second kappa shape index (κ2) is 6.96. The number of imide groups is 1. The van der Waals surface area contributed by atoms with Gasteiger partial charge in [0, 0.05) is 26.1 Å². The third-order valence-electron chi connectivity index (χ3n) is 6.31. The summed E-state index contributed by atoms with van der Waals surface area (Å²) in [4.78, 5) is 40.1. The zero-order valence-corrected chi connectivity index (χ0v) is 15.4. The molecular formula is C20H25N3O4. The first-order valence-electron chi connectivity index (χ1n) is 9.59. The van der Waals surface area contributed by atoms with E-state index in [1.807, 2.05) is 7.05 Å². The van der Waals surface area contributed by atoms with Gasteiger partial charge < -0.3 is 10.0 Å². The van der Waals surface area contributed by atoms with Crippen molar-refractivity contribution in [1.82, 2.24) is 10.2 Å². The largest absolute Gasteiger partial charge is 0.393 e. The topological polar surface area (TPSA) is 90.0 Å². The lowest BCUT2D eigenvalue weighted by Gasteiger charge is -2.30. The Hall–Kier alpha value is -2.41. The van der Waals surface area contributed by atoms with Gasteiger partial charge in [0.1, 0.15) is 0 Å². The average Bonchev–Trinajstić information content (AvgIpc) is 3.18. The van der Waals surface area contributed by atoms with Crippen molar-refractivity contribution in [2.75, 3.05) is 18.5 Å². The molecule has 3 aliphatic rings. The highest BCUT2D eigenvalue weighted by Crippen LogP contribution is 2.45. The molecule has 2 unspecified atom stereocenters. The van der Waals surface area contributed by atoms with Gasteiger partial charge in [0.25, 0.3) is 5.91 Å². The van der Waals surface area contributed by atoms with Gasteiger partial charge in [-0.25, -0.2) is 4.79 Å². The van der Waals surface area contributed by atoms with Gasteiger partial charge in [0.2, 0.25) is 5.91 Å². The van der Waals surface area contributed by atoms with Crippen molar-refractivity contribution in [3.8, 4) is 0 Å². The minimum Gasteiger partial charge on any atom is -0.393 e. The fourth-order valence-corrected chi connectivity index (χ4v) is 4.91. The van der Waals surface area contributed by atoms with Crippen molar-refractivity contribution in [2.24, 2.45) is 11.8 Å². The minimum absolute atomic E-state index is 0.110. The zero-order chi connectivity index (χ0) is 19.1. The molecule has 27 heavy (non-hydrogen) atoms. The molecule has 2 saturated carbocycles. The number of aliphatic hydroxyl groups excluding tert-OH is 1. The Bertz CT molecular complexity index is 766. The molecule has 0 radical (unpaired) electrons. The number of aliphatic hydroxyl groups is 1. The maximum atomic E-state index is 13.2. The van der Waals surface area contributed by atoms with Crippen molar-refractivity contribution in [1.29, 1.82) is 0 Å². The van der Waals surface area contributed by atoms with E-state index in [0.29, 0.717) is 23.1 Å². The fourth-order valence-electron chi connectivity index (χ4n) is 4.91. The highest BCUT2D eigenvalue weighted by Gasteiger charge is 2.43. The van der Waals surface area contributed by atoms with Gasteiger partial charge >= 0.3 is 6.03 Å². The van der Waals surface area contributed by atoms with Crippen molar-refractivity contribution in [3.63, 3.8) is 0 Å². The lowest BCUT2D eigenvalue weighted by molar-refractivity contribution is -0.120. The molecule has 4 amide bonds. The van der Waals surface area contributed by atoms with Crippen LogP contribution in [0.15, 0.2) is 24.3 Å². The Kier molecular flexibility index (Phi) is 4.63. The van der Waals surface area contributed by atoms with Gasteiger partial charge in [0.05, 0.1) is 17.4 Å². The van der Waals surface area contributed by atoms with Gasteiger partial charge in [-0.05, 0) is 49.7 Å². The summed E-state index contributed by atoms with van der Waals surface area (Å²) in [5, 5.41) is 12.1. The Morgan fingerprint density at radius 3 is 2.48 bits per heavy atom. The smallest absolute Gasteiger partial charge is 0.328 e. The Balaban J connectivity index is 1.52. The minimum atomic E-state index is -0.487. The molecule has 1 aromatic carbocycles. The first kappa shape index (κ1) is 18.0. The van der Waals surface area contributed by atoms with E-state index >= 15 is 0 Å². The molecule has 1 aromatic rings. The van der Waals surface area contributed by atoms with Crippen LogP contribution >= 0.6 is 0 Å². The lowest BCUT2D eigenvalue weighted by atomic mass is 10.0. The van der Waals surface area contributed by atoms with Crippen LogP contribution in [-0.4, -0.2) is 53.6 Å². The van der Waals surface area contributed by atoms with Crippen LogP contribution in [0, 0.1) is 11.8 Å². The highest BCUT2D eigenvalue weighted by atomic mass is 16.3. The second-order valence-electron chi connectivity index (χ2n) is 7.96. The molecule has 1 aliphatic heterocycles.